The normalized spacial score (nSPS) is 10.1. The van der Waals surface area contributed by atoms with Crippen LogP contribution in [0.3, 0.4) is 0 Å². The Bertz CT molecular complexity index is 512. The molecule has 0 aliphatic heterocycles. The number of amides is 2. The average molecular weight is 262 g/mol. The van der Waals surface area contributed by atoms with Gasteiger partial charge in [-0.3, -0.25) is 5.32 Å². The Morgan fingerprint density at radius 2 is 2.06 bits per heavy atom. The summed E-state index contributed by atoms with van der Waals surface area (Å²) in [7, 11) is 0. The summed E-state index contributed by atoms with van der Waals surface area (Å²) >= 11 is 1.39. The average Bonchev–Trinajstić information content (AvgIpc) is 2.85. The molecule has 94 valence electrons. The Kier molecular flexibility index (Phi) is 4.25. The third kappa shape index (κ3) is 3.53. The summed E-state index contributed by atoms with van der Waals surface area (Å²) in [6.07, 6.45) is 0.824. The van der Waals surface area contributed by atoms with Crippen LogP contribution in [0.25, 0.3) is 0 Å². The zero-order valence-electron chi connectivity index (χ0n) is 10.0. The van der Waals surface area contributed by atoms with E-state index >= 15 is 0 Å². The molecular weight excluding hydrogens is 248 g/mol. The topological polar surface area (TPSA) is 66.9 Å². The number of anilines is 1. The van der Waals surface area contributed by atoms with Crippen LogP contribution in [0.2, 0.25) is 0 Å². The number of aryl methyl sites for hydroxylation is 1. The SMILES string of the molecule is CCc1nnc(NC(=O)NCc2ccccc2)s1. The minimum Gasteiger partial charge on any atom is -0.334 e. The highest BCUT2D eigenvalue weighted by Gasteiger charge is 2.06. The molecule has 0 aliphatic carbocycles. The summed E-state index contributed by atoms with van der Waals surface area (Å²) < 4.78 is 0. The second-order valence-corrected chi connectivity index (χ2v) is 4.71. The number of rotatable bonds is 4. The Balaban J connectivity index is 1.82. The predicted molar refractivity (Wildman–Crippen MR) is 71.6 cm³/mol. The Hall–Kier alpha value is -1.95. The molecule has 0 bridgehead atoms. The number of hydrogen-bond acceptors (Lipinski definition) is 4. The van der Waals surface area contributed by atoms with Crippen molar-refractivity contribution in [3.8, 4) is 0 Å². The summed E-state index contributed by atoms with van der Waals surface area (Å²) in [4.78, 5) is 11.6. The van der Waals surface area contributed by atoms with Gasteiger partial charge in [0.25, 0.3) is 0 Å². The van der Waals surface area contributed by atoms with Crippen molar-refractivity contribution in [3.63, 3.8) is 0 Å². The molecule has 0 spiro atoms. The van der Waals surface area contributed by atoms with Gasteiger partial charge < -0.3 is 5.32 Å². The van der Waals surface area contributed by atoms with Crippen LogP contribution in [0.5, 0.6) is 0 Å². The number of aromatic nitrogens is 2. The summed E-state index contributed by atoms with van der Waals surface area (Å²) in [6, 6.07) is 9.47. The Morgan fingerprint density at radius 1 is 1.28 bits per heavy atom. The molecule has 2 amide bonds. The second kappa shape index (κ2) is 6.11. The lowest BCUT2D eigenvalue weighted by Crippen LogP contribution is -2.28. The molecule has 0 saturated heterocycles. The van der Waals surface area contributed by atoms with Gasteiger partial charge in [-0.1, -0.05) is 48.6 Å². The van der Waals surface area contributed by atoms with Crippen LogP contribution in [-0.2, 0) is 13.0 Å². The fourth-order valence-corrected chi connectivity index (χ4v) is 2.04. The van der Waals surface area contributed by atoms with E-state index in [4.69, 9.17) is 0 Å². The first kappa shape index (κ1) is 12.5. The fourth-order valence-electron chi connectivity index (χ4n) is 1.37. The highest BCUT2D eigenvalue weighted by molar-refractivity contribution is 7.15. The first-order chi connectivity index (χ1) is 8.78. The Morgan fingerprint density at radius 3 is 2.72 bits per heavy atom. The van der Waals surface area contributed by atoms with E-state index in [9.17, 15) is 4.79 Å². The molecule has 0 fully saturated rings. The summed E-state index contributed by atoms with van der Waals surface area (Å²) in [6.45, 7) is 2.49. The predicted octanol–water partition coefficient (Wildman–Crippen LogP) is 2.42. The maximum Gasteiger partial charge on any atom is 0.321 e. The van der Waals surface area contributed by atoms with E-state index in [-0.39, 0.29) is 6.03 Å². The van der Waals surface area contributed by atoms with E-state index in [1.807, 2.05) is 37.3 Å². The molecule has 6 heteroatoms. The number of hydrogen-bond donors (Lipinski definition) is 2. The molecule has 0 unspecified atom stereocenters. The van der Waals surface area contributed by atoms with E-state index in [1.54, 1.807) is 0 Å². The van der Waals surface area contributed by atoms with Crippen LogP contribution in [0.4, 0.5) is 9.93 Å². The van der Waals surface area contributed by atoms with Gasteiger partial charge in [0.15, 0.2) is 0 Å². The summed E-state index contributed by atoms with van der Waals surface area (Å²) in [5.41, 5.74) is 1.05. The highest BCUT2D eigenvalue weighted by atomic mass is 32.1. The lowest BCUT2D eigenvalue weighted by molar-refractivity contribution is 0.251. The number of urea groups is 1. The Labute approximate surface area is 109 Å². The van der Waals surface area contributed by atoms with Gasteiger partial charge in [0.2, 0.25) is 5.13 Å². The summed E-state index contributed by atoms with van der Waals surface area (Å²) in [5, 5.41) is 14.7. The summed E-state index contributed by atoms with van der Waals surface area (Å²) in [5.74, 6) is 0. The third-order valence-electron chi connectivity index (χ3n) is 2.29. The van der Waals surface area contributed by atoms with Crippen molar-refractivity contribution in [2.75, 3.05) is 5.32 Å². The number of carbonyl (C=O) groups is 1. The van der Waals surface area contributed by atoms with Crippen molar-refractivity contribution in [3.05, 3.63) is 40.9 Å². The first-order valence-corrected chi connectivity index (χ1v) is 6.50. The van der Waals surface area contributed by atoms with Gasteiger partial charge in [-0.25, -0.2) is 4.79 Å². The van der Waals surface area contributed by atoms with Gasteiger partial charge in [0.1, 0.15) is 5.01 Å². The molecule has 0 aliphatic rings. The highest BCUT2D eigenvalue weighted by Crippen LogP contribution is 2.14. The molecule has 2 rings (SSSR count). The first-order valence-electron chi connectivity index (χ1n) is 5.69. The van der Waals surface area contributed by atoms with Crippen molar-refractivity contribution >= 4 is 22.5 Å². The largest absolute Gasteiger partial charge is 0.334 e. The van der Waals surface area contributed by atoms with E-state index in [0.717, 1.165) is 17.0 Å². The van der Waals surface area contributed by atoms with Crippen molar-refractivity contribution in [2.24, 2.45) is 0 Å². The number of nitrogens with zero attached hydrogens (tertiary/aromatic N) is 2. The molecule has 1 aromatic heterocycles. The molecule has 0 radical (unpaired) electrons. The van der Waals surface area contributed by atoms with Crippen LogP contribution in [0.1, 0.15) is 17.5 Å². The monoisotopic (exact) mass is 262 g/mol. The van der Waals surface area contributed by atoms with Gasteiger partial charge in [-0.05, 0) is 12.0 Å². The van der Waals surface area contributed by atoms with Crippen molar-refractivity contribution in [2.45, 2.75) is 19.9 Å². The fraction of sp³-hybridized carbons (Fsp3) is 0.250. The third-order valence-corrected chi connectivity index (χ3v) is 3.27. The molecule has 18 heavy (non-hydrogen) atoms. The zero-order chi connectivity index (χ0) is 12.8. The van der Waals surface area contributed by atoms with Gasteiger partial charge in [-0.2, -0.15) is 0 Å². The lowest BCUT2D eigenvalue weighted by atomic mass is 10.2. The van der Waals surface area contributed by atoms with E-state index in [2.05, 4.69) is 20.8 Å². The van der Waals surface area contributed by atoms with Gasteiger partial charge in [0, 0.05) is 6.54 Å². The van der Waals surface area contributed by atoms with Crippen LogP contribution in [-0.4, -0.2) is 16.2 Å². The van der Waals surface area contributed by atoms with Crippen molar-refractivity contribution < 1.29 is 4.79 Å². The van der Waals surface area contributed by atoms with Crippen LogP contribution < -0.4 is 10.6 Å². The van der Waals surface area contributed by atoms with Crippen LogP contribution in [0.15, 0.2) is 30.3 Å². The van der Waals surface area contributed by atoms with Gasteiger partial charge >= 0.3 is 6.03 Å². The van der Waals surface area contributed by atoms with Gasteiger partial charge in [0.05, 0.1) is 0 Å². The van der Waals surface area contributed by atoms with E-state index in [1.165, 1.54) is 11.3 Å². The van der Waals surface area contributed by atoms with Crippen LogP contribution in [0, 0.1) is 0 Å². The van der Waals surface area contributed by atoms with Crippen molar-refractivity contribution in [1.29, 1.82) is 0 Å². The number of carbonyl (C=O) groups excluding carboxylic acids is 1. The van der Waals surface area contributed by atoms with Crippen molar-refractivity contribution in [1.82, 2.24) is 15.5 Å². The lowest BCUT2D eigenvalue weighted by Gasteiger charge is -2.04. The van der Waals surface area contributed by atoms with E-state index < -0.39 is 0 Å². The molecule has 5 nitrogen and oxygen atoms in total. The molecule has 0 saturated carbocycles. The molecule has 2 aromatic rings. The minimum atomic E-state index is -0.266. The number of nitrogens with one attached hydrogen (secondary N) is 2. The second-order valence-electron chi connectivity index (χ2n) is 3.65. The molecular formula is C12H14N4OS. The number of benzene rings is 1. The van der Waals surface area contributed by atoms with Gasteiger partial charge in [-0.15, -0.1) is 10.2 Å². The minimum absolute atomic E-state index is 0.266. The van der Waals surface area contributed by atoms with E-state index in [0.29, 0.717) is 11.7 Å². The maximum absolute atomic E-state index is 11.6. The zero-order valence-corrected chi connectivity index (χ0v) is 10.8. The maximum atomic E-state index is 11.6. The van der Waals surface area contributed by atoms with Crippen LogP contribution >= 0.6 is 11.3 Å². The molecule has 1 aromatic carbocycles. The molecule has 0 atom stereocenters. The smallest absolute Gasteiger partial charge is 0.321 e. The quantitative estimate of drug-likeness (QED) is 0.889. The standard InChI is InChI=1S/C12H14N4OS/c1-2-10-15-16-12(18-10)14-11(17)13-8-9-6-4-3-5-7-9/h3-7H,2,8H2,1H3,(H2,13,14,16,17). The molecule has 1 heterocycles. The molecule has 2 N–H and O–H groups in total.